The fraction of sp³-hybridized carbons (Fsp3) is 0.885. The van der Waals surface area contributed by atoms with E-state index in [1.165, 1.54) is 7.11 Å². The van der Waals surface area contributed by atoms with Gasteiger partial charge in [0.05, 0.1) is 36.3 Å². The minimum absolute atomic E-state index is 0.00930. The molecule has 69 heavy (non-hydrogen) atoms. The molecule has 18 atom stereocenters. The Morgan fingerprint density at radius 3 is 1.45 bits per heavy atom. The summed E-state index contributed by atoms with van der Waals surface area (Å²) in [7, 11) is 1.54. The van der Waals surface area contributed by atoms with Crippen molar-refractivity contribution in [3.8, 4) is 0 Å². The number of Topliss-reactive ketones (excluding diaryl/α,β-unsaturated/α-hetero) is 2. The molecule has 0 spiro atoms. The highest BCUT2D eigenvalue weighted by atomic mass is 16.7. The third-order valence-corrected chi connectivity index (χ3v) is 17.1. The molecule has 8 aliphatic heterocycles. The Bertz CT molecular complexity index is 1880. The third kappa shape index (κ3) is 11.3. The molecule has 8 aliphatic rings. The zero-order chi connectivity index (χ0) is 51.7. The Morgan fingerprint density at radius 1 is 0.623 bits per heavy atom. The van der Waals surface area contributed by atoms with Crippen LogP contribution in [0, 0.1) is 46.3 Å². The number of esters is 4. The summed E-state index contributed by atoms with van der Waals surface area (Å²) >= 11 is 0. The van der Waals surface area contributed by atoms with E-state index in [1.807, 2.05) is 55.4 Å². The van der Waals surface area contributed by atoms with E-state index in [4.69, 9.17) is 37.9 Å². The molecule has 0 aromatic rings. The molecule has 0 unspecified atom stereocenters. The topological polar surface area (TPSA) is 221 Å². The summed E-state index contributed by atoms with van der Waals surface area (Å²) in [5.41, 5.74) is -6.57. The smallest absolute Gasteiger partial charge is 0.319 e. The lowest BCUT2D eigenvalue weighted by Gasteiger charge is -2.45. The summed E-state index contributed by atoms with van der Waals surface area (Å²) in [6.07, 6.45) is -0.151. The summed E-state index contributed by atoms with van der Waals surface area (Å²) in [6, 6.07) is -0.137. The number of hydrogen-bond donors (Lipinski definition) is 3. The molecule has 8 rings (SSSR count). The monoisotopic (exact) mass is 979 g/mol. The second-order valence-corrected chi connectivity index (χ2v) is 22.8. The predicted octanol–water partition coefficient (Wildman–Crippen LogP) is 5.43. The van der Waals surface area contributed by atoms with E-state index < -0.39 is 81.4 Å². The molecule has 394 valence electrons. The number of fused-ring (bicyclic) bond motifs is 20. The molecule has 0 radical (unpaired) electrons. The molecule has 0 amide bonds. The van der Waals surface area contributed by atoms with E-state index in [2.05, 4.69) is 24.5 Å². The third-order valence-electron chi connectivity index (χ3n) is 17.1. The van der Waals surface area contributed by atoms with Crippen LogP contribution in [0.1, 0.15) is 148 Å². The van der Waals surface area contributed by atoms with E-state index in [0.29, 0.717) is 38.8 Å². The summed E-state index contributed by atoms with van der Waals surface area (Å²) in [4.78, 5) is 79.6. The summed E-state index contributed by atoms with van der Waals surface area (Å²) in [6.45, 7) is 27.9. The molecule has 4 bridgehead atoms. The van der Waals surface area contributed by atoms with Gasteiger partial charge in [0.1, 0.15) is 29.8 Å². The summed E-state index contributed by atoms with van der Waals surface area (Å²) < 4.78 is 47.6. The van der Waals surface area contributed by atoms with E-state index in [1.54, 1.807) is 27.7 Å². The molecular formula is C52H86N2O15. The van der Waals surface area contributed by atoms with E-state index in [9.17, 15) is 33.9 Å². The number of rotatable bonds is 5. The second-order valence-electron chi connectivity index (χ2n) is 22.8. The van der Waals surface area contributed by atoms with Gasteiger partial charge in [0, 0.05) is 56.1 Å². The van der Waals surface area contributed by atoms with Crippen LogP contribution in [0.4, 0.5) is 0 Å². The average molecular weight is 979 g/mol. The van der Waals surface area contributed by atoms with E-state index >= 15 is 0 Å². The number of aliphatic hydroxyl groups is 1. The Kier molecular flexibility index (Phi) is 18.1. The number of ether oxygens (including phenoxy) is 8. The number of aliphatic hydroxyl groups excluding tert-OH is 1. The molecule has 0 aromatic heterocycles. The molecule has 8 heterocycles. The summed E-state index contributed by atoms with van der Waals surface area (Å²) in [5, 5.41) is 18.3. The van der Waals surface area contributed by atoms with Gasteiger partial charge in [-0.2, -0.15) is 0 Å². The van der Waals surface area contributed by atoms with Gasteiger partial charge in [-0.3, -0.25) is 28.8 Å². The lowest BCUT2D eigenvalue weighted by molar-refractivity contribution is -0.212. The number of carbonyl (C=O) groups excluding carboxylic acids is 6. The zero-order valence-electron chi connectivity index (χ0n) is 44.3. The molecule has 3 N–H and O–H groups in total. The number of methoxy groups -OCH3 is 1. The van der Waals surface area contributed by atoms with Crippen molar-refractivity contribution in [2.75, 3.05) is 40.2 Å². The van der Waals surface area contributed by atoms with Gasteiger partial charge in [-0.05, 0) is 119 Å². The first-order valence-electron chi connectivity index (χ1n) is 25.6. The summed E-state index contributed by atoms with van der Waals surface area (Å²) in [5.74, 6) is -3.97. The van der Waals surface area contributed by atoms with Crippen LogP contribution in [-0.2, 0) is 66.7 Å². The van der Waals surface area contributed by atoms with Crippen molar-refractivity contribution in [1.82, 2.24) is 10.6 Å². The Hall–Kier alpha value is -3.06. The maximum absolute atomic E-state index is 14.0. The first-order valence-corrected chi connectivity index (χ1v) is 25.6. The highest BCUT2D eigenvalue weighted by Crippen LogP contribution is 2.46. The number of hydrogen-bond acceptors (Lipinski definition) is 17. The zero-order valence-corrected chi connectivity index (χ0v) is 44.3. The molecule has 17 heteroatoms. The fourth-order valence-corrected chi connectivity index (χ4v) is 12.7. The van der Waals surface area contributed by atoms with Crippen LogP contribution >= 0.6 is 0 Å². The average Bonchev–Trinajstić information content (AvgIpc) is 3.79. The van der Waals surface area contributed by atoms with Gasteiger partial charge in [0.15, 0.2) is 22.8 Å². The van der Waals surface area contributed by atoms with Crippen LogP contribution < -0.4 is 10.6 Å². The van der Waals surface area contributed by atoms with Crippen LogP contribution in [0.25, 0.3) is 0 Å². The first-order chi connectivity index (χ1) is 32.1. The largest absolute Gasteiger partial charge is 0.457 e. The predicted molar refractivity (Wildman–Crippen MR) is 253 cm³/mol. The van der Waals surface area contributed by atoms with Gasteiger partial charge in [0.2, 0.25) is 0 Å². The molecule has 8 saturated heterocycles. The molecule has 8 fully saturated rings. The second kappa shape index (κ2) is 22.0. The normalized spacial score (nSPS) is 46.1. The van der Waals surface area contributed by atoms with Crippen LogP contribution in [0.2, 0.25) is 0 Å². The van der Waals surface area contributed by atoms with Gasteiger partial charge in [-0.25, -0.2) is 0 Å². The maximum Gasteiger partial charge on any atom is 0.319 e. The minimum Gasteiger partial charge on any atom is -0.457 e. The quantitative estimate of drug-likeness (QED) is 0.135. The van der Waals surface area contributed by atoms with Crippen molar-refractivity contribution in [2.24, 2.45) is 46.3 Å². The van der Waals surface area contributed by atoms with Gasteiger partial charge >= 0.3 is 23.9 Å². The van der Waals surface area contributed by atoms with E-state index in [0.717, 1.165) is 0 Å². The Morgan fingerprint density at radius 2 is 1.03 bits per heavy atom. The highest BCUT2D eigenvalue weighted by Gasteiger charge is 2.60. The molecular weight excluding hydrogens is 893 g/mol. The van der Waals surface area contributed by atoms with Crippen molar-refractivity contribution in [3.05, 3.63) is 0 Å². The first kappa shape index (κ1) is 56.8. The van der Waals surface area contributed by atoms with Crippen LogP contribution in [0.5, 0.6) is 0 Å². The number of nitrogens with one attached hydrogen (secondary N) is 2. The van der Waals surface area contributed by atoms with Gasteiger partial charge in [-0.15, -0.1) is 0 Å². The maximum atomic E-state index is 14.0. The lowest BCUT2D eigenvalue weighted by Crippen LogP contribution is -2.57. The van der Waals surface area contributed by atoms with Gasteiger partial charge in [-0.1, -0.05) is 41.5 Å². The van der Waals surface area contributed by atoms with Crippen LogP contribution in [0.3, 0.4) is 0 Å². The SMILES string of the molecule is CC[C@H]1OC(=O)[C@]2(C)CCO[C@@](C)(C[C@@H](C)CN[C@H](C)[C@H]3CC(=O)O[C@@]31C)[C@H](O)[C@@H](C)C2=O.CC[C@H]1OC(=O)[C@]2(C)CCO[C@@](C)(C[C@@H](C)CN[C@H](C)[C@H]3CC(=O)O[C@@]31C)[C@H](OCOC)[C@@H](C)C2=O. The van der Waals surface area contributed by atoms with Crippen molar-refractivity contribution in [1.29, 1.82) is 0 Å². The van der Waals surface area contributed by atoms with Gasteiger partial charge < -0.3 is 53.6 Å². The fourth-order valence-electron chi connectivity index (χ4n) is 12.7. The van der Waals surface area contributed by atoms with Gasteiger partial charge in [0.25, 0.3) is 0 Å². The van der Waals surface area contributed by atoms with Crippen molar-refractivity contribution >= 4 is 35.4 Å². The van der Waals surface area contributed by atoms with Crippen LogP contribution in [-0.4, -0.2) is 140 Å². The van der Waals surface area contributed by atoms with Crippen LogP contribution in [0.15, 0.2) is 0 Å². The molecule has 0 saturated carbocycles. The Labute approximate surface area is 410 Å². The van der Waals surface area contributed by atoms with Crippen molar-refractivity contribution < 1.29 is 71.8 Å². The van der Waals surface area contributed by atoms with Crippen molar-refractivity contribution in [3.63, 3.8) is 0 Å². The molecule has 17 nitrogen and oxygen atoms in total. The van der Waals surface area contributed by atoms with E-state index in [-0.39, 0.29) is 105 Å². The minimum atomic E-state index is -1.46. The number of carbonyl (C=O) groups is 6. The molecule has 0 aromatic carbocycles. The van der Waals surface area contributed by atoms with Crippen molar-refractivity contribution in [2.45, 2.75) is 207 Å². The highest BCUT2D eigenvalue weighted by molar-refractivity contribution is 6.05. The standard InChI is InChI=1S/C27H45NO8.C25H41NO7/c1-9-20-27(7)19(12-21(29)36-27)18(4)28-14-16(2)13-26(6)23(33-15-32-8)17(3)22(30)25(5,10-11-34-26)24(31)35-20;1-8-18-25(7)17(11-19(27)33-25)16(4)26-13-14(2)12-24(6)21(29)15(3)20(28)23(5,9-10-31-24)22(30)32-18/h16-20,23,28H,9-15H2,1-8H3;14-18,21,26,29H,8-13H2,1-7H3/t16-,17+,18-,19-,20-,23-,25-,26+,27+;14-,15+,16-,17-,18-,21-,23-,24+,25+/m11/s1. The molecule has 0 aliphatic carbocycles. The number of ketones is 2. The Balaban J connectivity index is 0.000000258. The lowest BCUT2D eigenvalue weighted by atomic mass is 9.71.